The molecule has 2 atom stereocenters. The largest absolute Gasteiger partial charge is 0.507 e. The van der Waals surface area contributed by atoms with Crippen molar-refractivity contribution in [1.82, 2.24) is 0 Å². The van der Waals surface area contributed by atoms with Crippen molar-refractivity contribution in [1.29, 1.82) is 0 Å². The fourth-order valence-electron chi connectivity index (χ4n) is 4.95. The zero-order valence-electron chi connectivity index (χ0n) is 24.1. The number of aldehydes is 1. The van der Waals surface area contributed by atoms with Crippen molar-refractivity contribution in [3.05, 3.63) is 93.6 Å². The molecule has 3 aromatic carbocycles. The molecule has 1 fully saturated rings. The number of ether oxygens (including phenoxy) is 2. The second-order valence-corrected chi connectivity index (χ2v) is 13.4. The molecular formula is C34H38O5S2. The molecule has 1 heterocycles. The molecule has 0 aromatic heterocycles. The van der Waals surface area contributed by atoms with Crippen molar-refractivity contribution in [2.24, 2.45) is 0 Å². The van der Waals surface area contributed by atoms with E-state index in [0.29, 0.717) is 28.7 Å². The monoisotopic (exact) mass is 590 g/mol. The Morgan fingerprint density at radius 2 is 1.56 bits per heavy atom. The van der Waals surface area contributed by atoms with E-state index in [-0.39, 0.29) is 11.2 Å². The molecule has 0 saturated carbocycles. The van der Waals surface area contributed by atoms with Crippen molar-refractivity contribution in [3.8, 4) is 17.2 Å². The van der Waals surface area contributed by atoms with E-state index >= 15 is 0 Å². The van der Waals surface area contributed by atoms with Crippen LogP contribution in [-0.2, 0) is 0 Å². The Labute approximate surface area is 251 Å². The highest BCUT2D eigenvalue weighted by molar-refractivity contribution is 8.77. The zero-order chi connectivity index (χ0) is 29.4. The summed E-state index contributed by atoms with van der Waals surface area (Å²) in [6.45, 7) is 8.34. The summed E-state index contributed by atoms with van der Waals surface area (Å²) in [6.07, 6.45) is 9.65. The van der Waals surface area contributed by atoms with Crippen LogP contribution in [-0.4, -0.2) is 34.5 Å². The Morgan fingerprint density at radius 3 is 2.22 bits per heavy atom. The highest BCUT2D eigenvalue weighted by atomic mass is 33.1. The molecule has 0 radical (unpaired) electrons. The van der Waals surface area contributed by atoms with Gasteiger partial charge in [0.25, 0.3) is 0 Å². The molecule has 1 saturated heterocycles. The van der Waals surface area contributed by atoms with Crippen LogP contribution in [0.15, 0.2) is 54.6 Å². The fraction of sp³-hybridized carbons (Fsp3) is 0.353. The number of ketones is 1. The number of hydrogen-bond acceptors (Lipinski definition) is 7. The molecule has 1 aliphatic rings. The number of rotatable bonds is 13. The molecule has 41 heavy (non-hydrogen) atoms. The summed E-state index contributed by atoms with van der Waals surface area (Å²) < 4.78 is 12.2. The predicted molar refractivity (Wildman–Crippen MR) is 171 cm³/mol. The molecule has 0 aliphatic carbocycles. The number of carbonyl (C=O) groups is 2. The average molecular weight is 591 g/mol. The Hall–Kier alpha value is -3.16. The van der Waals surface area contributed by atoms with Crippen molar-refractivity contribution in [3.63, 3.8) is 0 Å². The number of aryl methyl sites for hydroxylation is 4. The van der Waals surface area contributed by atoms with E-state index in [9.17, 15) is 14.7 Å². The van der Waals surface area contributed by atoms with E-state index in [1.807, 2.05) is 85.7 Å². The van der Waals surface area contributed by atoms with Crippen LogP contribution in [0.3, 0.4) is 0 Å². The maximum absolute atomic E-state index is 12.6. The molecule has 2 unspecified atom stereocenters. The van der Waals surface area contributed by atoms with Gasteiger partial charge in [-0.25, -0.2) is 0 Å². The van der Waals surface area contributed by atoms with Crippen LogP contribution < -0.4 is 9.47 Å². The zero-order valence-corrected chi connectivity index (χ0v) is 25.8. The van der Waals surface area contributed by atoms with Crippen LogP contribution in [0, 0.1) is 27.7 Å². The first-order valence-electron chi connectivity index (χ1n) is 14.0. The topological polar surface area (TPSA) is 72.8 Å². The number of phenolic OH excluding ortho intramolecular Hbond substituents is 1. The average Bonchev–Trinajstić information content (AvgIpc) is 3.41. The van der Waals surface area contributed by atoms with Gasteiger partial charge in [-0.3, -0.25) is 9.59 Å². The van der Waals surface area contributed by atoms with Gasteiger partial charge >= 0.3 is 0 Å². The third-order valence-electron chi connectivity index (χ3n) is 7.14. The van der Waals surface area contributed by atoms with Crippen LogP contribution >= 0.6 is 21.6 Å². The molecule has 0 bridgehead atoms. The third-order valence-corrected chi connectivity index (χ3v) is 10.2. The summed E-state index contributed by atoms with van der Waals surface area (Å²) >= 11 is 0. The first kappa shape index (κ1) is 30.8. The molecule has 216 valence electrons. The molecule has 3 aromatic rings. The minimum Gasteiger partial charge on any atom is -0.507 e. The van der Waals surface area contributed by atoms with Gasteiger partial charge in [-0.1, -0.05) is 29.7 Å². The second kappa shape index (κ2) is 14.6. The van der Waals surface area contributed by atoms with Gasteiger partial charge in [0.05, 0.1) is 6.61 Å². The van der Waals surface area contributed by atoms with Gasteiger partial charge in [-0.15, -0.1) is 0 Å². The third kappa shape index (κ3) is 8.66. The number of carbonyl (C=O) groups excluding carboxylic acids is 2. The van der Waals surface area contributed by atoms with E-state index in [4.69, 9.17) is 9.47 Å². The molecular weight excluding hydrogens is 553 g/mol. The summed E-state index contributed by atoms with van der Waals surface area (Å²) in [4.78, 5) is 23.7. The van der Waals surface area contributed by atoms with Gasteiger partial charge in [0, 0.05) is 22.8 Å². The first-order valence-corrected chi connectivity index (χ1v) is 16.3. The number of allylic oxidation sites excluding steroid dienone is 1. The number of hydrogen-bond donors (Lipinski definition) is 1. The van der Waals surface area contributed by atoms with Gasteiger partial charge < -0.3 is 14.6 Å². The van der Waals surface area contributed by atoms with Crippen LogP contribution in [0.4, 0.5) is 0 Å². The lowest BCUT2D eigenvalue weighted by atomic mass is 10.0. The van der Waals surface area contributed by atoms with Gasteiger partial charge in [0.1, 0.15) is 23.5 Å². The van der Waals surface area contributed by atoms with Crippen LogP contribution in [0.2, 0.25) is 0 Å². The summed E-state index contributed by atoms with van der Waals surface area (Å²) in [5.41, 5.74) is 5.92. The van der Waals surface area contributed by atoms with Gasteiger partial charge in [0.2, 0.25) is 0 Å². The molecule has 1 aliphatic heterocycles. The summed E-state index contributed by atoms with van der Waals surface area (Å²) in [7, 11) is 3.73. The normalized spacial score (nSPS) is 16.7. The maximum Gasteiger partial charge on any atom is 0.185 e. The standard InChI is InChI=1S/C34H38O5S2/c1-22-16-26(17-23(2)33(22)37)9-14-31(36)28-10-12-29(13-11-28)38-15-7-5-6-8-30-20-32(41-40-30)39-34-24(3)18-27(21-35)19-25(34)4/h9-14,16-19,21,30,32,37H,5-8,15,20H2,1-4H3/b14-9+. The van der Waals surface area contributed by atoms with Crippen molar-refractivity contribution in [2.75, 3.05) is 6.61 Å². The summed E-state index contributed by atoms with van der Waals surface area (Å²) in [5, 5.41) is 10.5. The SMILES string of the molecule is Cc1cc(/C=C/C(=O)c2ccc(OCCCCCC3CC(Oc4c(C)cc(C=O)cc4C)SS3)cc2)cc(C)c1O. The lowest BCUT2D eigenvalue weighted by Gasteiger charge is -2.17. The predicted octanol–water partition coefficient (Wildman–Crippen LogP) is 8.83. The molecule has 4 rings (SSSR count). The van der Waals surface area contributed by atoms with Crippen LogP contribution in [0.1, 0.15) is 80.6 Å². The molecule has 0 amide bonds. The fourth-order valence-corrected chi connectivity index (χ4v) is 8.03. The lowest BCUT2D eigenvalue weighted by Crippen LogP contribution is -2.13. The van der Waals surface area contributed by atoms with Crippen molar-refractivity contribution >= 4 is 39.7 Å². The number of benzene rings is 3. The summed E-state index contributed by atoms with van der Waals surface area (Å²) in [6, 6.07) is 14.8. The highest BCUT2D eigenvalue weighted by Crippen LogP contribution is 2.46. The van der Waals surface area contributed by atoms with Gasteiger partial charge in [0.15, 0.2) is 11.2 Å². The Morgan fingerprint density at radius 1 is 0.902 bits per heavy atom. The molecule has 1 N–H and O–H groups in total. The minimum absolute atomic E-state index is 0.0726. The Bertz CT molecular complexity index is 1350. The van der Waals surface area contributed by atoms with Crippen molar-refractivity contribution in [2.45, 2.75) is 70.5 Å². The quantitative estimate of drug-likeness (QED) is 0.0701. The summed E-state index contributed by atoms with van der Waals surface area (Å²) in [5.74, 6) is 1.89. The van der Waals surface area contributed by atoms with E-state index in [1.165, 1.54) is 0 Å². The maximum atomic E-state index is 12.6. The molecule has 5 nitrogen and oxygen atoms in total. The smallest absolute Gasteiger partial charge is 0.185 e. The Balaban J connectivity index is 1.12. The van der Waals surface area contributed by atoms with Crippen LogP contribution in [0.5, 0.6) is 17.2 Å². The van der Waals surface area contributed by atoms with E-state index in [0.717, 1.165) is 77.7 Å². The lowest BCUT2D eigenvalue weighted by molar-refractivity contribution is 0.104. The Kier molecular flexibility index (Phi) is 11.0. The number of unbranched alkanes of at least 4 members (excludes halogenated alkanes) is 2. The van der Waals surface area contributed by atoms with Gasteiger partial charge in [-0.2, -0.15) is 0 Å². The molecule has 0 spiro atoms. The first-order chi connectivity index (χ1) is 19.7. The number of aromatic hydroxyl groups is 1. The van der Waals surface area contributed by atoms with E-state index < -0.39 is 0 Å². The van der Waals surface area contributed by atoms with E-state index in [2.05, 4.69) is 0 Å². The second-order valence-electron chi connectivity index (χ2n) is 10.6. The molecule has 7 heteroatoms. The van der Waals surface area contributed by atoms with Gasteiger partial charge in [-0.05, 0) is 134 Å². The van der Waals surface area contributed by atoms with E-state index in [1.54, 1.807) is 24.3 Å². The number of phenols is 1. The van der Waals surface area contributed by atoms with Crippen LogP contribution in [0.25, 0.3) is 6.08 Å². The highest BCUT2D eigenvalue weighted by Gasteiger charge is 2.28. The minimum atomic E-state index is -0.0726. The van der Waals surface area contributed by atoms with Crippen molar-refractivity contribution < 1.29 is 24.2 Å².